The number of benzene rings is 1. The van der Waals surface area contributed by atoms with Crippen molar-refractivity contribution >= 4 is 27.5 Å². The monoisotopic (exact) mass is 410 g/mol. The number of rotatable bonds is 6. The second-order valence-corrected chi connectivity index (χ2v) is 8.86. The van der Waals surface area contributed by atoms with Crippen LogP contribution >= 0.6 is 11.6 Å². The van der Waals surface area contributed by atoms with Crippen molar-refractivity contribution in [2.75, 3.05) is 6.54 Å². The molecule has 27 heavy (non-hydrogen) atoms. The SMILES string of the molecule is CCc1ccc(CN(C2CCCCNC2=O)S(=O)(=O)c2ccc(Cl)cc2)o1. The van der Waals surface area contributed by atoms with Crippen LogP contribution in [0.2, 0.25) is 5.02 Å². The Bertz CT molecular complexity index is 893. The largest absolute Gasteiger partial charge is 0.465 e. The van der Waals surface area contributed by atoms with Gasteiger partial charge in [0.15, 0.2) is 0 Å². The number of sulfonamides is 1. The third kappa shape index (κ3) is 4.54. The summed E-state index contributed by atoms with van der Waals surface area (Å²) in [5.74, 6) is 1.02. The Morgan fingerprint density at radius 1 is 1.15 bits per heavy atom. The van der Waals surface area contributed by atoms with Gasteiger partial charge in [0, 0.05) is 18.0 Å². The fourth-order valence-corrected chi connectivity index (χ4v) is 4.86. The predicted octanol–water partition coefficient (Wildman–Crippen LogP) is 3.36. The zero-order chi connectivity index (χ0) is 19.4. The lowest BCUT2D eigenvalue weighted by Gasteiger charge is -2.28. The molecule has 0 spiro atoms. The highest BCUT2D eigenvalue weighted by molar-refractivity contribution is 7.89. The highest BCUT2D eigenvalue weighted by Gasteiger charge is 2.37. The van der Waals surface area contributed by atoms with Crippen LogP contribution < -0.4 is 5.32 Å². The molecule has 1 saturated heterocycles. The molecule has 0 bridgehead atoms. The molecule has 6 nitrogen and oxygen atoms in total. The zero-order valence-electron chi connectivity index (χ0n) is 15.2. The molecule has 146 valence electrons. The van der Waals surface area contributed by atoms with Gasteiger partial charge < -0.3 is 9.73 Å². The lowest BCUT2D eigenvalue weighted by Crippen LogP contribution is -2.48. The standard InChI is InChI=1S/C19H23ClN2O4S/c1-2-15-8-9-16(26-15)13-22(18-5-3-4-12-21-19(18)23)27(24,25)17-10-6-14(20)7-11-17/h6-11,18H,2-5,12-13H2,1H3,(H,21,23). The number of hydrogen-bond acceptors (Lipinski definition) is 4. The Balaban J connectivity index is 1.99. The van der Waals surface area contributed by atoms with Crippen molar-refractivity contribution in [3.8, 4) is 0 Å². The van der Waals surface area contributed by atoms with Gasteiger partial charge in [0.25, 0.3) is 0 Å². The van der Waals surface area contributed by atoms with Gasteiger partial charge in [-0.2, -0.15) is 4.31 Å². The number of carbonyl (C=O) groups is 1. The van der Waals surface area contributed by atoms with Crippen molar-refractivity contribution in [3.05, 3.63) is 52.9 Å². The molecule has 1 amide bonds. The van der Waals surface area contributed by atoms with Crippen LogP contribution in [0.5, 0.6) is 0 Å². The fourth-order valence-electron chi connectivity index (χ4n) is 3.15. The minimum Gasteiger partial charge on any atom is -0.465 e. The van der Waals surface area contributed by atoms with E-state index in [2.05, 4.69) is 5.32 Å². The molecule has 1 aliphatic rings. The molecule has 3 rings (SSSR count). The van der Waals surface area contributed by atoms with E-state index in [-0.39, 0.29) is 17.3 Å². The Morgan fingerprint density at radius 3 is 2.52 bits per heavy atom. The third-order valence-corrected chi connectivity index (χ3v) is 6.77. The van der Waals surface area contributed by atoms with Gasteiger partial charge in [0.05, 0.1) is 11.4 Å². The molecule has 0 saturated carbocycles. The molecule has 1 N–H and O–H groups in total. The van der Waals surface area contributed by atoms with Crippen molar-refractivity contribution in [2.45, 2.75) is 50.1 Å². The summed E-state index contributed by atoms with van der Waals surface area (Å²) in [4.78, 5) is 12.7. The van der Waals surface area contributed by atoms with Gasteiger partial charge in [-0.15, -0.1) is 0 Å². The van der Waals surface area contributed by atoms with Crippen LogP contribution in [0, 0.1) is 0 Å². The minimum atomic E-state index is -3.91. The molecule has 0 aliphatic carbocycles. The van der Waals surface area contributed by atoms with E-state index in [1.165, 1.54) is 28.6 Å². The van der Waals surface area contributed by atoms with Crippen molar-refractivity contribution in [3.63, 3.8) is 0 Å². The normalized spacial score (nSPS) is 18.3. The summed E-state index contributed by atoms with van der Waals surface area (Å²) in [7, 11) is -3.91. The van der Waals surface area contributed by atoms with Crippen molar-refractivity contribution in [1.29, 1.82) is 0 Å². The summed E-state index contributed by atoms with van der Waals surface area (Å²) < 4.78 is 33.6. The van der Waals surface area contributed by atoms with E-state index in [1.807, 2.05) is 13.0 Å². The van der Waals surface area contributed by atoms with Gasteiger partial charge in [-0.25, -0.2) is 8.42 Å². The second-order valence-electron chi connectivity index (χ2n) is 6.53. The van der Waals surface area contributed by atoms with Crippen LogP contribution in [0.25, 0.3) is 0 Å². The lowest BCUT2D eigenvalue weighted by molar-refractivity contribution is -0.124. The molecule has 1 fully saturated rings. The fraction of sp³-hybridized carbons (Fsp3) is 0.421. The molecule has 2 heterocycles. The van der Waals surface area contributed by atoms with Gasteiger partial charge in [-0.3, -0.25) is 4.79 Å². The van der Waals surface area contributed by atoms with E-state index in [0.717, 1.165) is 18.6 Å². The minimum absolute atomic E-state index is 0.00302. The summed E-state index contributed by atoms with van der Waals surface area (Å²) in [6.45, 7) is 2.53. The molecule has 2 aromatic rings. The topological polar surface area (TPSA) is 79.6 Å². The second kappa shape index (κ2) is 8.46. The van der Waals surface area contributed by atoms with E-state index in [4.69, 9.17) is 16.0 Å². The Kier molecular flexibility index (Phi) is 6.24. The van der Waals surface area contributed by atoms with Gasteiger partial charge in [0.1, 0.15) is 17.6 Å². The quantitative estimate of drug-likeness (QED) is 0.791. The Morgan fingerprint density at radius 2 is 1.85 bits per heavy atom. The Hall–Kier alpha value is -1.83. The Labute approximate surface area is 164 Å². The maximum atomic E-state index is 13.3. The first kappa shape index (κ1) is 19.9. The molecular formula is C19H23ClN2O4S. The first-order chi connectivity index (χ1) is 12.9. The van der Waals surface area contributed by atoms with Crippen LogP contribution in [0.15, 0.2) is 45.7 Å². The molecular weight excluding hydrogens is 388 g/mol. The zero-order valence-corrected chi connectivity index (χ0v) is 16.7. The maximum absolute atomic E-state index is 13.3. The number of nitrogens with one attached hydrogen (secondary N) is 1. The number of nitrogens with zero attached hydrogens (tertiary/aromatic N) is 1. The smallest absolute Gasteiger partial charge is 0.244 e. The molecule has 1 atom stereocenters. The number of amides is 1. The first-order valence-corrected chi connectivity index (χ1v) is 10.9. The number of furan rings is 1. The van der Waals surface area contributed by atoms with Crippen LogP contribution in [0.3, 0.4) is 0 Å². The molecule has 1 aliphatic heterocycles. The summed E-state index contributed by atoms with van der Waals surface area (Å²) in [5.41, 5.74) is 0. The van der Waals surface area contributed by atoms with E-state index in [9.17, 15) is 13.2 Å². The van der Waals surface area contributed by atoms with E-state index in [1.54, 1.807) is 6.07 Å². The molecule has 1 aromatic carbocycles. The van der Waals surface area contributed by atoms with Crippen molar-refractivity contribution in [2.24, 2.45) is 0 Å². The van der Waals surface area contributed by atoms with Gasteiger partial charge >= 0.3 is 0 Å². The highest BCUT2D eigenvalue weighted by Crippen LogP contribution is 2.26. The maximum Gasteiger partial charge on any atom is 0.244 e. The molecule has 1 unspecified atom stereocenters. The van der Waals surface area contributed by atoms with E-state index >= 15 is 0 Å². The lowest BCUT2D eigenvalue weighted by atomic mass is 10.1. The number of hydrogen-bond donors (Lipinski definition) is 1. The summed E-state index contributed by atoms with van der Waals surface area (Å²) in [6, 6.07) is 8.79. The average Bonchev–Trinajstić information content (AvgIpc) is 3.01. The summed E-state index contributed by atoms with van der Waals surface area (Å²) in [6.07, 6.45) is 2.79. The van der Waals surface area contributed by atoms with Crippen LogP contribution in [-0.2, 0) is 27.8 Å². The van der Waals surface area contributed by atoms with Gasteiger partial charge in [-0.1, -0.05) is 18.5 Å². The predicted molar refractivity (Wildman–Crippen MR) is 103 cm³/mol. The number of aryl methyl sites for hydroxylation is 1. The third-order valence-electron chi connectivity index (χ3n) is 4.65. The molecule has 1 aromatic heterocycles. The van der Waals surface area contributed by atoms with E-state index < -0.39 is 16.1 Å². The van der Waals surface area contributed by atoms with Crippen molar-refractivity contribution < 1.29 is 17.6 Å². The van der Waals surface area contributed by atoms with Gasteiger partial charge in [0.2, 0.25) is 15.9 Å². The number of carbonyl (C=O) groups excluding carboxylic acids is 1. The van der Waals surface area contributed by atoms with Crippen molar-refractivity contribution in [1.82, 2.24) is 9.62 Å². The number of halogens is 1. The van der Waals surface area contributed by atoms with Crippen LogP contribution in [0.4, 0.5) is 0 Å². The van der Waals surface area contributed by atoms with Crippen LogP contribution in [-0.4, -0.2) is 31.2 Å². The average molecular weight is 411 g/mol. The van der Waals surface area contributed by atoms with E-state index in [0.29, 0.717) is 30.2 Å². The highest BCUT2D eigenvalue weighted by atomic mass is 35.5. The summed E-state index contributed by atoms with van der Waals surface area (Å²) >= 11 is 5.90. The molecule has 0 radical (unpaired) electrons. The van der Waals surface area contributed by atoms with Gasteiger partial charge in [-0.05, 0) is 55.7 Å². The first-order valence-electron chi connectivity index (χ1n) is 9.04. The van der Waals surface area contributed by atoms with Crippen LogP contribution in [0.1, 0.15) is 37.7 Å². The summed E-state index contributed by atoms with van der Waals surface area (Å²) in [5, 5.41) is 3.26. The molecule has 8 heteroatoms.